The second-order valence-electron chi connectivity index (χ2n) is 2.39. The van der Waals surface area contributed by atoms with Gasteiger partial charge in [-0.05, 0) is 6.08 Å². The zero-order chi connectivity index (χ0) is 7.56. The van der Waals surface area contributed by atoms with Crippen LogP contribution in [0.3, 0.4) is 0 Å². The molecular weight excluding hydrogens is 126 g/mol. The summed E-state index contributed by atoms with van der Waals surface area (Å²) in [5.41, 5.74) is 3.04. The first-order valence-corrected chi connectivity index (χ1v) is 3.27. The number of likely N-dealkylation sites (N-methyl/N-ethyl adjacent to an activating group) is 1. The predicted molar refractivity (Wildman–Crippen MR) is 41.8 cm³/mol. The third kappa shape index (κ3) is 1.23. The molecule has 0 aromatic heterocycles. The molecule has 0 amide bonds. The highest BCUT2D eigenvalue weighted by Gasteiger charge is 2.06. The summed E-state index contributed by atoms with van der Waals surface area (Å²) in [7, 11) is 3.95. The zero-order valence-corrected chi connectivity index (χ0v) is 6.46. The summed E-state index contributed by atoms with van der Waals surface area (Å²) < 4.78 is 0. The van der Waals surface area contributed by atoms with E-state index in [-0.39, 0.29) is 0 Å². The summed E-state index contributed by atoms with van der Waals surface area (Å²) >= 11 is 0. The molecule has 0 saturated heterocycles. The van der Waals surface area contributed by atoms with Crippen molar-refractivity contribution >= 4 is 0 Å². The van der Waals surface area contributed by atoms with Gasteiger partial charge in [-0.1, -0.05) is 6.58 Å². The van der Waals surface area contributed by atoms with Gasteiger partial charge in [0.2, 0.25) is 0 Å². The largest absolute Gasteiger partial charge is 0.357 e. The van der Waals surface area contributed by atoms with Crippen LogP contribution in [-0.2, 0) is 0 Å². The number of rotatable bonds is 0. The smallest absolute Gasteiger partial charge is 0.115 e. The summed E-state index contributed by atoms with van der Waals surface area (Å²) in [4.78, 5) is 2.07. The number of hydrogen-bond donors (Lipinski definition) is 1. The van der Waals surface area contributed by atoms with Crippen molar-refractivity contribution in [1.29, 1.82) is 0 Å². The summed E-state index contributed by atoms with van der Waals surface area (Å²) in [5, 5.41) is 1.88. The van der Waals surface area contributed by atoms with Crippen molar-refractivity contribution in [1.82, 2.24) is 15.3 Å². The number of nitrogens with one attached hydrogen (secondary N) is 1. The molecule has 1 aliphatic heterocycles. The molecule has 0 aliphatic carbocycles. The van der Waals surface area contributed by atoms with Crippen LogP contribution in [0.25, 0.3) is 0 Å². The average Bonchev–Trinajstić information content (AvgIpc) is 2.04. The van der Waals surface area contributed by atoms with E-state index in [4.69, 9.17) is 0 Å². The fraction of sp³-hybridized carbons (Fsp3) is 0.429. The van der Waals surface area contributed by atoms with Gasteiger partial charge in [0.25, 0.3) is 0 Å². The van der Waals surface area contributed by atoms with Crippen LogP contribution in [0.4, 0.5) is 0 Å². The predicted octanol–water partition coefficient (Wildman–Crippen LogP) is 0.353. The third-order valence-corrected chi connectivity index (χ3v) is 1.59. The molecule has 0 radical (unpaired) electrons. The molecule has 1 heterocycles. The van der Waals surface area contributed by atoms with Crippen molar-refractivity contribution in [2.45, 2.75) is 0 Å². The van der Waals surface area contributed by atoms with Crippen LogP contribution in [0.1, 0.15) is 0 Å². The zero-order valence-electron chi connectivity index (χ0n) is 6.46. The molecule has 1 N–H and O–H groups in total. The van der Waals surface area contributed by atoms with E-state index < -0.39 is 0 Å². The monoisotopic (exact) mass is 139 g/mol. The Hall–Kier alpha value is -1.12. The summed E-state index contributed by atoms with van der Waals surface area (Å²) in [6.45, 7) is 4.80. The van der Waals surface area contributed by atoms with Crippen LogP contribution >= 0.6 is 0 Å². The van der Waals surface area contributed by atoms with Gasteiger partial charge in [-0.3, -0.25) is 5.01 Å². The highest BCUT2D eigenvalue weighted by atomic mass is 15.5. The SMILES string of the molecule is C=C1N(C)CC=CNN1C. The third-order valence-electron chi connectivity index (χ3n) is 1.59. The molecule has 3 nitrogen and oxygen atoms in total. The molecule has 0 unspecified atom stereocenters. The Kier molecular flexibility index (Phi) is 1.85. The lowest BCUT2D eigenvalue weighted by atomic mass is 10.5. The van der Waals surface area contributed by atoms with E-state index in [1.54, 1.807) is 0 Å². The first-order chi connectivity index (χ1) is 4.72. The van der Waals surface area contributed by atoms with E-state index in [2.05, 4.69) is 23.0 Å². The first-order valence-electron chi connectivity index (χ1n) is 3.27. The van der Waals surface area contributed by atoms with Crippen LogP contribution < -0.4 is 5.43 Å². The minimum atomic E-state index is 0.913. The minimum absolute atomic E-state index is 0.913. The second kappa shape index (κ2) is 2.64. The van der Waals surface area contributed by atoms with Crippen molar-refractivity contribution in [3.63, 3.8) is 0 Å². The lowest BCUT2D eigenvalue weighted by Crippen LogP contribution is -2.34. The van der Waals surface area contributed by atoms with E-state index in [1.807, 2.05) is 25.3 Å². The quantitative estimate of drug-likeness (QED) is 0.522. The molecule has 10 heavy (non-hydrogen) atoms. The summed E-state index contributed by atoms with van der Waals surface area (Å²) in [6, 6.07) is 0. The van der Waals surface area contributed by atoms with Crippen molar-refractivity contribution in [2.24, 2.45) is 0 Å². The topological polar surface area (TPSA) is 18.5 Å². The van der Waals surface area contributed by atoms with Crippen molar-refractivity contribution in [2.75, 3.05) is 20.6 Å². The molecule has 0 bridgehead atoms. The summed E-state index contributed by atoms with van der Waals surface area (Å²) in [5.74, 6) is 0.977. The van der Waals surface area contributed by atoms with Gasteiger partial charge in [0, 0.05) is 26.8 Å². The van der Waals surface area contributed by atoms with E-state index in [0.717, 1.165) is 12.4 Å². The second-order valence-corrected chi connectivity index (χ2v) is 2.39. The van der Waals surface area contributed by atoms with E-state index >= 15 is 0 Å². The molecule has 0 atom stereocenters. The Morgan fingerprint density at radius 3 is 3.00 bits per heavy atom. The molecule has 1 rings (SSSR count). The Bertz CT molecular complexity index is 146. The molecule has 0 saturated carbocycles. The lowest BCUT2D eigenvalue weighted by Gasteiger charge is -2.25. The Balaban J connectivity index is 2.65. The maximum absolute atomic E-state index is 3.89. The number of hydrogen-bond acceptors (Lipinski definition) is 3. The van der Waals surface area contributed by atoms with Crippen molar-refractivity contribution < 1.29 is 0 Å². The fourth-order valence-electron chi connectivity index (χ4n) is 0.811. The van der Waals surface area contributed by atoms with Gasteiger partial charge < -0.3 is 10.3 Å². The highest BCUT2D eigenvalue weighted by Crippen LogP contribution is 2.03. The van der Waals surface area contributed by atoms with Gasteiger partial charge >= 0.3 is 0 Å². The molecular formula is C7H13N3. The minimum Gasteiger partial charge on any atom is -0.357 e. The Morgan fingerprint density at radius 2 is 2.30 bits per heavy atom. The van der Waals surface area contributed by atoms with Crippen molar-refractivity contribution in [3.8, 4) is 0 Å². The fourth-order valence-corrected chi connectivity index (χ4v) is 0.811. The normalized spacial score (nSPS) is 18.8. The van der Waals surface area contributed by atoms with E-state index in [9.17, 15) is 0 Å². The van der Waals surface area contributed by atoms with Crippen molar-refractivity contribution in [3.05, 3.63) is 24.7 Å². The Morgan fingerprint density at radius 1 is 1.60 bits per heavy atom. The van der Waals surface area contributed by atoms with Gasteiger partial charge in [0.05, 0.1) is 0 Å². The number of nitrogens with zero attached hydrogens (tertiary/aromatic N) is 2. The Labute approximate surface area is 61.6 Å². The maximum Gasteiger partial charge on any atom is 0.115 e. The molecule has 3 heteroatoms. The van der Waals surface area contributed by atoms with Gasteiger partial charge in [0.1, 0.15) is 5.82 Å². The molecule has 1 aliphatic rings. The molecule has 0 aromatic carbocycles. The van der Waals surface area contributed by atoms with E-state index in [1.165, 1.54) is 0 Å². The molecule has 56 valence electrons. The van der Waals surface area contributed by atoms with Crippen LogP contribution in [0.15, 0.2) is 24.7 Å². The molecule has 0 fully saturated rings. The maximum atomic E-state index is 3.89. The van der Waals surface area contributed by atoms with Crippen LogP contribution in [-0.4, -0.2) is 30.5 Å². The molecule has 0 aromatic rings. The highest BCUT2D eigenvalue weighted by molar-refractivity contribution is 4.98. The van der Waals surface area contributed by atoms with Crippen LogP contribution in [0.5, 0.6) is 0 Å². The van der Waals surface area contributed by atoms with E-state index in [0.29, 0.717) is 0 Å². The van der Waals surface area contributed by atoms with Gasteiger partial charge in [0.15, 0.2) is 0 Å². The van der Waals surface area contributed by atoms with Gasteiger partial charge in [-0.2, -0.15) is 0 Å². The molecule has 0 spiro atoms. The summed E-state index contributed by atoms with van der Waals surface area (Å²) in [6.07, 6.45) is 3.96. The van der Waals surface area contributed by atoms with Gasteiger partial charge in [-0.15, -0.1) is 0 Å². The first kappa shape index (κ1) is 6.99. The van der Waals surface area contributed by atoms with Crippen LogP contribution in [0, 0.1) is 0 Å². The standard InChI is InChI=1S/C7H13N3/c1-7-9(2)6-4-5-8-10(7)3/h4-5,8H,1,6H2,2-3H3. The number of hydrazine groups is 1. The van der Waals surface area contributed by atoms with Gasteiger partial charge in [-0.25, -0.2) is 0 Å². The lowest BCUT2D eigenvalue weighted by molar-refractivity contribution is 0.259. The van der Waals surface area contributed by atoms with Crippen LogP contribution in [0.2, 0.25) is 0 Å². The average molecular weight is 139 g/mol.